The normalized spacial score (nSPS) is 13.9. The van der Waals surface area contributed by atoms with Gasteiger partial charge >= 0.3 is 5.97 Å². The topological polar surface area (TPSA) is 92.8 Å². The van der Waals surface area contributed by atoms with Crippen LogP contribution < -0.4 is 5.32 Å². The zero-order valence-electron chi connectivity index (χ0n) is 16.9. The van der Waals surface area contributed by atoms with Gasteiger partial charge in [0.25, 0.3) is 17.7 Å². The second-order valence-corrected chi connectivity index (χ2v) is 8.36. The van der Waals surface area contributed by atoms with Crippen molar-refractivity contribution in [2.75, 3.05) is 11.9 Å². The number of esters is 1. The third kappa shape index (κ3) is 5.24. The monoisotopic (exact) mass is 462 g/mol. The van der Waals surface area contributed by atoms with Crippen LogP contribution in [0.4, 0.5) is 5.69 Å². The van der Waals surface area contributed by atoms with Crippen LogP contribution in [0.5, 0.6) is 0 Å². The summed E-state index contributed by atoms with van der Waals surface area (Å²) in [6.07, 6.45) is 0.204. The lowest BCUT2D eigenvalue weighted by atomic mass is 10.0. The van der Waals surface area contributed by atoms with E-state index in [9.17, 15) is 19.2 Å². The molecule has 31 heavy (non-hydrogen) atoms. The highest BCUT2D eigenvalue weighted by Crippen LogP contribution is 2.27. The Balaban J connectivity index is 1.70. The molecule has 0 spiro atoms. The van der Waals surface area contributed by atoms with Crippen LogP contribution >= 0.6 is 23.2 Å². The number of nitrogens with zero attached hydrogens (tertiary/aromatic N) is 1. The lowest BCUT2D eigenvalue weighted by Crippen LogP contribution is -2.46. The number of carbonyl (C=O) groups is 4. The van der Waals surface area contributed by atoms with Gasteiger partial charge in [-0.25, -0.2) is 4.79 Å². The van der Waals surface area contributed by atoms with Crippen LogP contribution in [-0.2, 0) is 14.3 Å². The Morgan fingerprint density at radius 3 is 2.06 bits per heavy atom. The quantitative estimate of drug-likeness (QED) is 0.491. The Labute approximate surface area is 189 Å². The molecular formula is C22H20Cl2N2O5. The van der Waals surface area contributed by atoms with Crippen LogP contribution in [0.2, 0.25) is 10.0 Å². The number of hydrogen-bond acceptors (Lipinski definition) is 5. The summed E-state index contributed by atoms with van der Waals surface area (Å²) < 4.78 is 5.14. The molecule has 0 saturated carbocycles. The first kappa shape index (κ1) is 22.8. The summed E-state index contributed by atoms with van der Waals surface area (Å²) in [6.45, 7) is 3.11. The summed E-state index contributed by atoms with van der Waals surface area (Å²) in [5, 5.41) is 3.20. The zero-order valence-corrected chi connectivity index (χ0v) is 18.4. The van der Waals surface area contributed by atoms with Crippen molar-refractivity contribution in [2.24, 2.45) is 5.92 Å². The van der Waals surface area contributed by atoms with E-state index in [1.807, 2.05) is 13.8 Å². The third-order valence-electron chi connectivity index (χ3n) is 4.60. The molecule has 3 amide bonds. The van der Waals surface area contributed by atoms with Gasteiger partial charge in [-0.05, 0) is 42.7 Å². The number of imide groups is 1. The van der Waals surface area contributed by atoms with Crippen molar-refractivity contribution >= 4 is 52.6 Å². The summed E-state index contributed by atoms with van der Waals surface area (Å²) in [5.74, 6) is -2.56. The fourth-order valence-corrected chi connectivity index (χ4v) is 3.83. The molecule has 1 heterocycles. The molecule has 1 aliphatic heterocycles. The van der Waals surface area contributed by atoms with Gasteiger partial charge in [-0.3, -0.25) is 19.3 Å². The smallest absolute Gasteiger partial charge is 0.329 e. The lowest BCUT2D eigenvalue weighted by Gasteiger charge is -2.25. The number of amides is 3. The fourth-order valence-electron chi connectivity index (χ4n) is 3.30. The molecule has 0 saturated heterocycles. The van der Waals surface area contributed by atoms with Gasteiger partial charge in [-0.1, -0.05) is 49.2 Å². The van der Waals surface area contributed by atoms with Gasteiger partial charge in [0.15, 0.2) is 6.61 Å². The number of fused-ring (bicyclic) bond motifs is 1. The van der Waals surface area contributed by atoms with Gasteiger partial charge in [0.05, 0.1) is 11.1 Å². The zero-order chi connectivity index (χ0) is 22.7. The molecule has 0 radical (unpaired) electrons. The molecule has 0 aromatic heterocycles. The predicted molar refractivity (Wildman–Crippen MR) is 116 cm³/mol. The SMILES string of the molecule is CC(C)C[C@@H](C(=O)OCC(=O)Nc1cc(Cl)cc(Cl)c1)N1C(=O)c2ccccc2C1=O. The molecule has 9 heteroatoms. The molecule has 2 aromatic rings. The molecule has 1 atom stereocenters. The molecule has 162 valence electrons. The first-order valence-corrected chi connectivity index (χ1v) is 10.3. The average Bonchev–Trinajstić information content (AvgIpc) is 2.94. The molecule has 7 nitrogen and oxygen atoms in total. The second-order valence-electron chi connectivity index (χ2n) is 7.49. The summed E-state index contributed by atoms with van der Waals surface area (Å²) in [5.41, 5.74) is 0.826. The number of halogens is 2. The minimum absolute atomic E-state index is 0.00992. The van der Waals surface area contributed by atoms with Crippen molar-refractivity contribution in [3.05, 3.63) is 63.6 Å². The van der Waals surface area contributed by atoms with Crippen molar-refractivity contribution in [2.45, 2.75) is 26.3 Å². The molecule has 0 bridgehead atoms. The molecule has 0 aliphatic carbocycles. The Bertz CT molecular complexity index is 999. The standard InChI is InChI=1S/C22H20Cl2N2O5/c1-12(2)7-18(26-20(28)16-5-3-4-6-17(16)21(26)29)22(30)31-11-19(27)25-15-9-13(23)8-14(24)10-15/h3-6,8-10,12,18H,7,11H2,1-2H3,(H,25,27)/t18-/m0/s1. The summed E-state index contributed by atoms with van der Waals surface area (Å²) in [7, 11) is 0. The van der Waals surface area contributed by atoms with E-state index < -0.39 is 36.3 Å². The Hall–Kier alpha value is -2.90. The van der Waals surface area contributed by atoms with Crippen LogP contribution in [0.25, 0.3) is 0 Å². The van der Waals surface area contributed by atoms with Gasteiger partial charge in [0.2, 0.25) is 0 Å². The van der Waals surface area contributed by atoms with Gasteiger partial charge in [0.1, 0.15) is 6.04 Å². The highest BCUT2D eigenvalue weighted by molar-refractivity contribution is 6.35. The van der Waals surface area contributed by atoms with Crippen molar-refractivity contribution in [1.29, 1.82) is 0 Å². The third-order valence-corrected chi connectivity index (χ3v) is 5.03. The molecule has 1 N–H and O–H groups in total. The minimum Gasteiger partial charge on any atom is -0.454 e. The second kappa shape index (κ2) is 9.49. The fraction of sp³-hybridized carbons (Fsp3) is 0.273. The maximum Gasteiger partial charge on any atom is 0.329 e. The summed E-state index contributed by atoms with van der Waals surface area (Å²) in [6, 6.07) is 9.73. The van der Waals surface area contributed by atoms with Crippen LogP contribution in [-0.4, -0.2) is 41.2 Å². The average molecular weight is 463 g/mol. The van der Waals surface area contributed by atoms with Gasteiger partial charge in [-0.2, -0.15) is 0 Å². The number of ether oxygens (including phenoxy) is 1. The van der Waals surface area contributed by atoms with Gasteiger partial charge in [0, 0.05) is 15.7 Å². The van der Waals surface area contributed by atoms with E-state index in [1.165, 1.54) is 30.3 Å². The van der Waals surface area contributed by atoms with Gasteiger partial charge in [-0.15, -0.1) is 0 Å². The minimum atomic E-state index is -1.14. The molecular weight excluding hydrogens is 443 g/mol. The van der Waals surface area contributed by atoms with Gasteiger partial charge < -0.3 is 10.1 Å². The first-order valence-electron chi connectivity index (χ1n) is 9.57. The number of nitrogens with one attached hydrogen (secondary N) is 1. The highest BCUT2D eigenvalue weighted by atomic mass is 35.5. The molecule has 2 aromatic carbocycles. The van der Waals surface area contributed by atoms with Crippen LogP contribution in [0.15, 0.2) is 42.5 Å². The molecule has 0 fully saturated rings. The number of hydrogen-bond donors (Lipinski definition) is 1. The Kier molecular flexibility index (Phi) is 6.97. The van der Waals surface area contributed by atoms with Crippen molar-refractivity contribution in [1.82, 2.24) is 4.90 Å². The van der Waals surface area contributed by atoms with Crippen LogP contribution in [0.3, 0.4) is 0 Å². The number of benzene rings is 2. The number of rotatable bonds is 7. The van der Waals surface area contributed by atoms with Crippen LogP contribution in [0.1, 0.15) is 41.0 Å². The van der Waals surface area contributed by atoms with E-state index in [-0.39, 0.29) is 23.5 Å². The van der Waals surface area contributed by atoms with Crippen molar-refractivity contribution < 1.29 is 23.9 Å². The van der Waals surface area contributed by atoms with Crippen molar-refractivity contribution in [3.8, 4) is 0 Å². The van der Waals surface area contributed by atoms with Crippen LogP contribution in [0, 0.1) is 5.92 Å². The van der Waals surface area contributed by atoms with E-state index in [1.54, 1.807) is 12.1 Å². The van der Waals surface area contributed by atoms with E-state index in [0.717, 1.165) is 4.90 Å². The predicted octanol–water partition coefficient (Wildman–Crippen LogP) is 4.19. The van der Waals surface area contributed by atoms with Crippen molar-refractivity contribution in [3.63, 3.8) is 0 Å². The summed E-state index contributed by atoms with van der Waals surface area (Å²) in [4.78, 5) is 51.4. The lowest BCUT2D eigenvalue weighted by molar-refractivity contribution is -0.151. The molecule has 0 unspecified atom stereocenters. The number of carbonyl (C=O) groups excluding carboxylic acids is 4. The Morgan fingerprint density at radius 2 is 1.55 bits per heavy atom. The maximum atomic E-state index is 12.8. The highest BCUT2D eigenvalue weighted by Gasteiger charge is 2.43. The van der Waals surface area contributed by atoms with E-state index in [4.69, 9.17) is 27.9 Å². The van der Waals surface area contributed by atoms with E-state index in [0.29, 0.717) is 15.7 Å². The molecule has 1 aliphatic rings. The van der Waals surface area contributed by atoms with E-state index in [2.05, 4.69) is 5.32 Å². The van der Waals surface area contributed by atoms with E-state index >= 15 is 0 Å². The molecule has 3 rings (SSSR count). The largest absolute Gasteiger partial charge is 0.454 e. The summed E-state index contributed by atoms with van der Waals surface area (Å²) >= 11 is 11.8. The maximum absolute atomic E-state index is 12.8. The number of anilines is 1. The first-order chi connectivity index (χ1) is 14.7. The Morgan fingerprint density at radius 1 is 1.00 bits per heavy atom.